The van der Waals surface area contributed by atoms with E-state index in [9.17, 15) is 0 Å². The molecule has 0 saturated carbocycles. The van der Waals surface area contributed by atoms with Crippen LogP contribution in [0.4, 0.5) is 17.1 Å². The number of H-pyrrole nitrogens is 1. The number of hydrogen-bond acceptors (Lipinski definition) is 1. The Bertz CT molecular complexity index is 2700. The minimum absolute atomic E-state index is 0.255. The zero-order valence-corrected chi connectivity index (χ0v) is 28.7. The molecule has 9 aromatic rings. The van der Waals surface area contributed by atoms with Gasteiger partial charge in [-0.2, -0.15) is 0 Å². The van der Waals surface area contributed by atoms with E-state index in [4.69, 9.17) is 0 Å². The predicted octanol–water partition coefficient (Wildman–Crippen LogP) is 13.6. The Morgan fingerprint density at radius 2 is 1.02 bits per heavy atom. The summed E-state index contributed by atoms with van der Waals surface area (Å²) < 4.78 is 0. The van der Waals surface area contributed by atoms with Gasteiger partial charge in [-0.3, -0.25) is 0 Å². The molecule has 0 fully saturated rings. The van der Waals surface area contributed by atoms with E-state index in [1.165, 1.54) is 71.6 Å². The Morgan fingerprint density at radius 1 is 0.451 bits per heavy atom. The lowest BCUT2D eigenvalue weighted by Crippen LogP contribution is -2.17. The molecule has 0 amide bonds. The number of rotatable bonds is 5. The number of para-hydroxylation sites is 2. The van der Waals surface area contributed by atoms with Gasteiger partial charge in [-0.1, -0.05) is 153 Å². The van der Waals surface area contributed by atoms with Gasteiger partial charge < -0.3 is 9.88 Å². The third-order valence-electron chi connectivity index (χ3n) is 10.9. The van der Waals surface area contributed by atoms with Gasteiger partial charge in [0.1, 0.15) is 0 Å². The first-order chi connectivity index (χ1) is 25.1. The van der Waals surface area contributed by atoms with Crippen molar-refractivity contribution in [3.8, 4) is 33.4 Å². The van der Waals surface area contributed by atoms with E-state index in [1.807, 2.05) is 0 Å². The number of nitrogens with zero attached hydrogens (tertiary/aromatic N) is 1. The zero-order valence-electron chi connectivity index (χ0n) is 28.7. The number of nitrogens with one attached hydrogen (secondary N) is 1. The van der Waals surface area contributed by atoms with Crippen LogP contribution in [0.2, 0.25) is 0 Å². The highest BCUT2D eigenvalue weighted by Crippen LogP contribution is 2.60. The molecule has 0 bridgehead atoms. The largest absolute Gasteiger partial charge is 0.354 e. The first-order valence-electron chi connectivity index (χ1n) is 17.8. The van der Waals surface area contributed by atoms with Crippen LogP contribution in [0.1, 0.15) is 25.0 Å². The molecule has 242 valence electrons. The van der Waals surface area contributed by atoms with E-state index < -0.39 is 0 Å². The van der Waals surface area contributed by atoms with Gasteiger partial charge in [-0.05, 0) is 86.1 Å². The molecular formula is C49H36N2. The first kappa shape index (κ1) is 29.5. The van der Waals surface area contributed by atoms with Crippen LogP contribution in [0, 0.1) is 0 Å². The van der Waals surface area contributed by atoms with Gasteiger partial charge in [-0.15, -0.1) is 0 Å². The van der Waals surface area contributed by atoms with E-state index in [0.717, 1.165) is 22.6 Å². The van der Waals surface area contributed by atoms with Crippen molar-refractivity contribution < 1.29 is 0 Å². The minimum Gasteiger partial charge on any atom is -0.354 e. The lowest BCUT2D eigenvalue weighted by atomic mass is 9.75. The first-order valence-corrected chi connectivity index (χ1v) is 17.8. The highest BCUT2D eigenvalue weighted by molar-refractivity contribution is 6.24. The van der Waals surface area contributed by atoms with Crippen LogP contribution >= 0.6 is 0 Å². The zero-order chi connectivity index (χ0) is 34.1. The summed E-state index contributed by atoms with van der Waals surface area (Å²) in [7, 11) is 0. The van der Waals surface area contributed by atoms with Crippen molar-refractivity contribution in [2.75, 3.05) is 4.90 Å². The topological polar surface area (TPSA) is 19.0 Å². The van der Waals surface area contributed by atoms with Crippen LogP contribution < -0.4 is 4.90 Å². The van der Waals surface area contributed by atoms with Crippen molar-refractivity contribution >= 4 is 49.6 Å². The molecule has 0 aliphatic heterocycles. The summed E-state index contributed by atoms with van der Waals surface area (Å²) in [6.07, 6.45) is 0. The van der Waals surface area contributed by atoms with Crippen LogP contribution in [0.3, 0.4) is 0 Å². The molecule has 1 aliphatic carbocycles. The van der Waals surface area contributed by atoms with Gasteiger partial charge in [0.15, 0.2) is 0 Å². The molecule has 51 heavy (non-hydrogen) atoms. The highest BCUT2D eigenvalue weighted by atomic mass is 15.1. The molecule has 1 N–H and O–H groups in total. The SMILES string of the molecule is CC1(C)c2c(c(-c3ccccc3)c3[nH]c4cc(N(c5ccccc5)c5ccccc5)ccc4c3c2-c2ccccc2)-c2ccc3ccccc3c21. The number of anilines is 3. The summed E-state index contributed by atoms with van der Waals surface area (Å²) >= 11 is 0. The monoisotopic (exact) mass is 652 g/mol. The number of aromatic amines is 1. The normalized spacial score (nSPS) is 13.1. The molecule has 2 nitrogen and oxygen atoms in total. The van der Waals surface area contributed by atoms with E-state index in [2.05, 4.69) is 200 Å². The third kappa shape index (κ3) is 4.43. The average Bonchev–Trinajstić information content (AvgIpc) is 3.67. The Morgan fingerprint density at radius 3 is 1.67 bits per heavy atom. The van der Waals surface area contributed by atoms with Crippen molar-refractivity contribution in [3.05, 3.63) is 187 Å². The van der Waals surface area contributed by atoms with Crippen LogP contribution in [-0.2, 0) is 5.41 Å². The molecule has 1 heterocycles. The van der Waals surface area contributed by atoms with E-state index >= 15 is 0 Å². The maximum absolute atomic E-state index is 4.05. The van der Waals surface area contributed by atoms with Crippen LogP contribution in [0.25, 0.3) is 66.0 Å². The lowest BCUT2D eigenvalue weighted by molar-refractivity contribution is 0.669. The Hall–Kier alpha value is -6.38. The predicted molar refractivity (Wildman–Crippen MR) is 216 cm³/mol. The molecular weight excluding hydrogens is 617 g/mol. The molecule has 1 aromatic heterocycles. The van der Waals surface area contributed by atoms with E-state index in [1.54, 1.807) is 0 Å². The third-order valence-corrected chi connectivity index (χ3v) is 10.9. The smallest absolute Gasteiger partial charge is 0.0557 e. The van der Waals surface area contributed by atoms with Gasteiger partial charge in [-0.25, -0.2) is 0 Å². The lowest BCUT2D eigenvalue weighted by Gasteiger charge is -2.27. The standard InChI is InChI=1S/C49H36N2/c1-49(2)46-38-26-16-15-17-32(38)27-29-40(46)44-43(34-20-9-4-10-21-34)48-45(42(47(44)49)33-18-7-3-8-19-33)39-30-28-37(31-41(39)50-48)51(35-22-11-5-12-23-35)36-24-13-6-14-25-36/h3-31,50H,1-2H3. The number of aromatic nitrogens is 1. The molecule has 0 radical (unpaired) electrons. The summed E-state index contributed by atoms with van der Waals surface area (Å²) in [5.74, 6) is 0. The molecule has 10 rings (SSSR count). The molecule has 2 heteroatoms. The van der Waals surface area contributed by atoms with E-state index in [-0.39, 0.29) is 5.41 Å². The molecule has 1 aliphatic rings. The molecule has 0 saturated heterocycles. The number of hydrogen-bond donors (Lipinski definition) is 1. The average molecular weight is 653 g/mol. The van der Waals surface area contributed by atoms with Crippen molar-refractivity contribution in [2.45, 2.75) is 19.3 Å². The van der Waals surface area contributed by atoms with Crippen molar-refractivity contribution in [2.24, 2.45) is 0 Å². The molecule has 8 aromatic carbocycles. The highest BCUT2D eigenvalue weighted by Gasteiger charge is 2.42. The van der Waals surface area contributed by atoms with Gasteiger partial charge in [0.05, 0.1) is 5.52 Å². The molecule has 0 atom stereocenters. The van der Waals surface area contributed by atoms with Gasteiger partial charge in [0, 0.05) is 44.3 Å². The quantitative estimate of drug-likeness (QED) is 0.196. The number of benzene rings is 8. The summed E-state index contributed by atoms with van der Waals surface area (Å²) in [6, 6.07) is 63.8. The van der Waals surface area contributed by atoms with Crippen molar-refractivity contribution in [1.82, 2.24) is 4.98 Å². The molecule has 0 unspecified atom stereocenters. The summed E-state index contributed by atoms with van der Waals surface area (Å²) in [5.41, 5.74) is 15.9. The second-order valence-corrected chi connectivity index (χ2v) is 14.2. The Labute approximate surface area is 298 Å². The molecule has 0 spiro atoms. The van der Waals surface area contributed by atoms with Crippen molar-refractivity contribution in [1.29, 1.82) is 0 Å². The van der Waals surface area contributed by atoms with Crippen LogP contribution in [0.5, 0.6) is 0 Å². The Kier molecular flexibility index (Phi) is 6.56. The maximum atomic E-state index is 4.05. The number of fused-ring (bicyclic) bond motifs is 8. The fraction of sp³-hybridized carbons (Fsp3) is 0.0612. The van der Waals surface area contributed by atoms with Crippen LogP contribution in [0.15, 0.2) is 176 Å². The minimum atomic E-state index is -0.255. The fourth-order valence-electron chi connectivity index (χ4n) is 8.83. The second-order valence-electron chi connectivity index (χ2n) is 14.2. The van der Waals surface area contributed by atoms with Gasteiger partial charge in [0.25, 0.3) is 0 Å². The summed E-state index contributed by atoms with van der Waals surface area (Å²) in [4.78, 5) is 6.39. The Balaban J connectivity index is 1.35. The van der Waals surface area contributed by atoms with E-state index in [0.29, 0.717) is 0 Å². The summed E-state index contributed by atoms with van der Waals surface area (Å²) in [6.45, 7) is 4.86. The van der Waals surface area contributed by atoms with Crippen molar-refractivity contribution in [3.63, 3.8) is 0 Å². The van der Waals surface area contributed by atoms with Gasteiger partial charge >= 0.3 is 0 Å². The maximum Gasteiger partial charge on any atom is 0.0557 e. The van der Waals surface area contributed by atoms with Gasteiger partial charge in [0.2, 0.25) is 0 Å². The van der Waals surface area contributed by atoms with Crippen LogP contribution in [-0.4, -0.2) is 4.98 Å². The fourth-order valence-corrected chi connectivity index (χ4v) is 8.83. The summed E-state index contributed by atoms with van der Waals surface area (Å²) in [5, 5.41) is 5.11. The second kappa shape index (κ2) is 11.3.